The molecule has 1 saturated heterocycles. The summed E-state index contributed by atoms with van der Waals surface area (Å²) < 4.78 is 25.6. The highest BCUT2D eigenvalue weighted by molar-refractivity contribution is 7.92. The lowest BCUT2D eigenvalue weighted by molar-refractivity contribution is 0.162. The van der Waals surface area contributed by atoms with Crippen molar-refractivity contribution in [2.24, 2.45) is 0 Å². The summed E-state index contributed by atoms with van der Waals surface area (Å²) in [5.41, 5.74) is 2.14. The van der Waals surface area contributed by atoms with Gasteiger partial charge < -0.3 is 0 Å². The van der Waals surface area contributed by atoms with Gasteiger partial charge in [-0.15, -0.1) is 0 Å². The van der Waals surface area contributed by atoms with Crippen LogP contribution in [-0.4, -0.2) is 42.9 Å². The van der Waals surface area contributed by atoms with Crippen molar-refractivity contribution in [3.63, 3.8) is 0 Å². The Labute approximate surface area is 143 Å². The predicted octanol–water partition coefficient (Wildman–Crippen LogP) is 2.55. The zero-order chi connectivity index (χ0) is 17.0. The van der Waals surface area contributed by atoms with Gasteiger partial charge in [-0.3, -0.25) is 14.7 Å². The Balaban J connectivity index is 1.86. The minimum atomic E-state index is -3.33. The molecule has 1 aromatic carbocycles. The maximum Gasteiger partial charge on any atom is 0.230 e. The van der Waals surface area contributed by atoms with Crippen molar-refractivity contribution in [2.45, 2.75) is 31.7 Å². The minimum Gasteiger partial charge on any atom is -0.296 e. The number of H-pyrrole nitrogens is 1. The van der Waals surface area contributed by atoms with Crippen molar-refractivity contribution >= 4 is 15.8 Å². The molecule has 0 aliphatic carbocycles. The van der Waals surface area contributed by atoms with Crippen LogP contribution < -0.4 is 4.72 Å². The molecule has 6 nitrogen and oxygen atoms in total. The van der Waals surface area contributed by atoms with Crippen LogP contribution in [0.15, 0.2) is 36.5 Å². The van der Waals surface area contributed by atoms with Gasteiger partial charge in [-0.2, -0.15) is 5.10 Å². The Bertz CT molecular complexity index is 752. The van der Waals surface area contributed by atoms with E-state index in [1.807, 2.05) is 6.07 Å². The third kappa shape index (κ3) is 4.36. The van der Waals surface area contributed by atoms with E-state index >= 15 is 0 Å². The molecule has 24 heavy (non-hydrogen) atoms. The van der Waals surface area contributed by atoms with E-state index in [1.165, 1.54) is 24.8 Å². The van der Waals surface area contributed by atoms with Crippen molar-refractivity contribution in [1.29, 1.82) is 0 Å². The van der Waals surface area contributed by atoms with Gasteiger partial charge in [-0.1, -0.05) is 36.8 Å². The number of nitrogens with zero attached hydrogens (tertiary/aromatic N) is 2. The number of benzene rings is 1. The second-order valence-corrected chi connectivity index (χ2v) is 8.12. The summed E-state index contributed by atoms with van der Waals surface area (Å²) in [6.45, 7) is 2.15. The number of nitrogens with one attached hydrogen (secondary N) is 2. The van der Waals surface area contributed by atoms with Crippen LogP contribution in [0.2, 0.25) is 0 Å². The van der Waals surface area contributed by atoms with E-state index in [2.05, 4.69) is 44.1 Å². The van der Waals surface area contributed by atoms with Gasteiger partial charge in [0.2, 0.25) is 10.0 Å². The molecule has 1 fully saturated rings. The number of hydrogen-bond donors (Lipinski definition) is 2. The molecule has 1 aromatic heterocycles. The first-order valence-electron chi connectivity index (χ1n) is 8.32. The van der Waals surface area contributed by atoms with Crippen LogP contribution in [-0.2, 0) is 16.4 Å². The van der Waals surface area contributed by atoms with Gasteiger partial charge in [0.15, 0.2) is 0 Å². The number of rotatable bonds is 6. The highest BCUT2D eigenvalue weighted by atomic mass is 32.2. The number of piperidine rings is 1. The van der Waals surface area contributed by atoms with E-state index in [0.717, 1.165) is 31.3 Å². The summed E-state index contributed by atoms with van der Waals surface area (Å²) in [7, 11) is -3.33. The van der Waals surface area contributed by atoms with Crippen molar-refractivity contribution < 1.29 is 8.42 Å². The topological polar surface area (TPSA) is 78.1 Å². The van der Waals surface area contributed by atoms with Crippen LogP contribution in [0.4, 0.5) is 5.82 Å². The third-order valence-electron chi connectivity index (χ3n) is 4.43. The standard InChI is InChI=1S/C17H24N4O2S/c1-24(22,23)20-17-15(13-18-19-17)12-16(14-8-4-2-5-9-14)21-10-6-3-7-11-21/h2,4-5,8-9,13,16H,3,6-7,10-12H2,1H3,(H2,18,19,20). The molecule has 130 valence electrons. The van der Waals surface area contributed by atoms with Crippen LogP contribution in [0.25, 0.3) is 0 Å². The highest BCUT2D eigenvalue weighted by Gasteiger charge is 2.24. The largest absolute Gasteiger partial charge is 0.296 e. The normalized spacial score (nSPS) is 17.5. The van der Waals surface area contributed by atoms with Crippen LogP contribution in [0.3, 0.4) is 0 Å². The Hall–Kier alpha value is -1.86. The molecule has 2 aromatic rings. The van der Waals surface area contributed by atoms with Gasteiger partial charge in [0.1, 0.15) is 5.82 Å². The van der Waals surface area contributed by atoms with E-state index in [0.29, 0.717) is 5.82 Å². The molecule has 1 aliphatic rings. The number of hydrogen-bond acceptors (Lipinski definition) is 4. The average molecular weight is 348 g/mol. The lowest BCUT2D eigenvalue weighted by Gasteiger charge is -2.35. The first-order valence-corrected chi connectivity index (χ1v) is 10.2. The summed E-state index contributed by atoms with van der Waals surface area (Å²) in [5.74, 6) is 0.468. The molecule has 7 heteroatoms. The molecular weight excluding hydrogens is 324 g/mol. The number of aromatic amines is 1. The first kappa shape index (κ1) is 17.0. The summed E-state index contributed by atoms with van der Waals surface area (Å²) in [4.78, 5) is 2.50. The van der Waals surface area contributed by atoms with E-state index in [9.17, 15) is 8.42 Å². The molecule has 0 amide bonds. The second kappa shape index (κ2) is 7.36. The van der Waals surface area contributed by atoms with Crippen molar-refractivity contribution in [2.75, 3.05) is 24.1 Å². The second-order valence-electron chi connectivity index (χ2n) is 6.37. The van der Waals surface area contributed by atoms with Crippen LogP contribution in [0.1, 0.15) is 36.4 Å². The van der Waals surface area contributed by atoms with Gasteiger partial charge in [0, 0.05) is 11.6 Å². The molecule has 0 saturated carbocycles. The summed E-state index contributed by atoms with van der Waals surface area (Å²) >= 11 is 0. The van der Waals surface area contributed by atoms with Crippen LogP contribution in [0.5, 0.6) is 0 Å². The fourth-order valence-corrected chi connectivity index (χ4v) is 3.86. The Morgan fingerprint density at radius 1 is 1.21 bits per heavy atom. The number of anilines is 1. The van der Waals surface area contributed by atoms with Gasteiger partial charge in [0.25, 0.3) is 0 Å². The summed E-state index contributed by atoms with van der Waals surface area (Å²) in [6.07, 6.45) is 7.29. The van der Waals surface area contributed by atoms with E-state index in [-0.39, 0.29) is 6.04 Å². The fourth-order valence-electron chi connectivity index (χ4n) is 3.31. The quantitative estimate of drug-likeness (QED) is 0.841. The van der Waals surface area contributed by atoms with Crippen molar-refractivity contribution in [3.8, 4) is 0 Å². The number of aromatic nitrogens is 2. The maximum absolute atomic E-state index is 11.5. The molecule has 1 unspecified atom stereocenters. The first-order chi connectivity index (χ1) is 11.5. The molecular formula is C17H24N4O2S. The summed E-state index contributed by atoms with van der Waals surface area (Å²) in [5, 5.41) is 6.79. The number of likely N-dealkylation sites (tertiary alicyclic amines) is 1. The molecule has 1 aliphatic heterocycles. The maximum atomic E-state index is 11.5. The van der Waals surface area contributed by atoms with E-state index in [1.54, 1.807) is 6.20 Å². The van der Waals surface area contributed by atoms with Crippen LogP contribution >= 0.6 is 0 Å². The SMILES string of the molecule is CS(=O)(=O)Nc1[nH]ncc1CC(c1ccccc1)N1CCCCC1. The van der Waals surface area contributed by atoms with Gasteiger partial charge in [-0.25, -0.2) is 8.42 Å². The van der Waals surface area contributed by atoms with E-state index < -0.39 is 10.0 Å². The molecule has 0 radical (unpaired) electrons. The Morgan fingerprint density at radius 3 is 2.58 bits per heavy atom. The molecule has 2 N–H and O–H groups in total. The zero-order valence-corrected chi connectivity index (χ0v) is 14.7. The Morgan fingerprint density at radius 2 is 1.92 bits per heavy atom. The van der Waals surface area contributed by atoms with Gasteiger partial charge in [-0.05, 0) is 37.9 Å². The fraction of sp³-hybridized carbons (Fsp3) is 0.471. The monoisotopic (exact) mass is 348 g/mol. The van der Waals surface area contributed by atoms with Gasteiger partial charge >= 0.3 is 0 Å². The Kier molecular flexibility index (Phi) is 5.20. The van der Waals surface area contributed by atoms with E-state index in [4.69, 9.17) is 0 Å². The molecule has 2 heterocycles. The molecule has 1 atom stereocenters. The van der Waals surface area contributed by atoms with Crippen LogP contribution in [0, 0.1) is 0 Å². The van der Waals surface area contributed by atoms with Crippen molar-refractivity contribution in [1.82, 2.24) is 15.1 Å². The lowest BCUT2D eigenvalue weighted by Crippen LogP contribution is -2.35. The lowest BCUT2D eigenvalue weighted by atomic mass is 9.96. The van der Waals surface area contributed by atoms with Crippen molar-refractivity contribution in [3.05, 3.63) is 47.7 Å². The average Bonchev–Trinajstić information content (AvgIpc) is 2.99. The predicted molar refractivity (Wildman–Crippen MR) is 95.4 cm³/mol. The van der Waals surface area contributed by atoms with Gasteiger partial charge in [0.05, 0.1) is 12.5 Å². The summed E-state index contributed by atoms with van der Waals surface area (Å²) in [6, 6.07) is 10.6. The molecule has 0 spiro atoms. The zero-order valence-electron chi connectivity index (χ0n) is 13.9. The third-order valence-corrected chi connectivity index (χ3v) is 5.01. The smallest absolute Gasteiger partial charge is 0.230 e. The minimum absolute atomic E-state index is 0.226. The molecule has 0 bridgehead atoms. The highest BCUT2D eigenvalue weighted by Crippen LogP contribution is 2.30. The number of sulfonamides is 1. The molecule has 3 rings (SSSR count).